The molecule has 0 aliphatic rings. The van der Waals surface area contributed by atoms with Gasteiger partial charge in [0.2, 0.25) is 5.41 Å². The van der Waals surface area contributed by atoms with Gasteiger partial charge in [0.05, 0.1) is 19.3 Å². The first-order valence-electron chi connectivity index (χ1n) is 4.28. The molecule has 0 aliphatic heterocycles. The molecule has 0 N–H and O–H groups in total. The van der Waals surface area contributed by atoms with E-state index in [1.165, 1.54) is 6.92 Å². The van der Waals surface area contributed by atoms with E-state index in [2.05, 4.69) is 9.47 Å². The van der Waals surface area contributed by atoms with Crippen LogP contribution in [0, 0.1) is 16.7 Å². The van der Waals surface area contributed by atoms with Crippen LogP contribution >= 0.6 is 0 Å². The van der Waals surface area contributed by atoms with Crippen LogP contribution in [-0.4, -0.2) is 25.2 Å². The summed E-state index contributed by atoms with van der Waals surface area (Å²) in [6.07, 6.45) is 0. The van der Waals surface area contributed by atoms with E-state index in [9.17, 15) is 9.59 Å². The summed E-state index contributed by atoms with van der Waals surface area (Å²) in [6, 6.07) is 1.60. The highest BCUT2D eigenvalue weighted by molar-refractivity contribution is 6.02. The number of hydrogen-bond donors (Lipinski definition) is 0. The van der Waals surface area contributed by atoms with E-state index in [-0.39, 0.29) is 13.2 Å². The molecule has 0 unspecified atom stereocenters. The SMILES string of the molecule is CCOC(=O)C(C)(C#N)C(=O)OCC. The number of esters is 2. The van der Waals surface area contributed by atoms with Crippen molar-refractivity contribution in [1.29, 1.82) is 5.26 Å². The molecule has 5 heteroatoms. The molecular formula is C9H13NO4. The van der Waals surface area contributed by atoms with Crippen LogP contribution in [0.1, 0.15) is 20.8 Å². The van der Waals surface area contributed by atoms with Gasteiger partial charge in [0.25, 0.3) is 0 Å². The number of carbonyl (C=O) groups is 2. The Morgan fingerprint density at radius 1 is 1.21 bits per heavy atom. The minimum absolute atomic E-state index is 0.121. The highest BCUT2D eigenvalue weighted by Gasteiger charge is 2.44. The molecule has 0 fully saturated rings. The fourth-order valence-corrected chi connectivity index (χ4v) is 0.725. The maximum Gasteiger partial charge on any atom is 0.337 e. The molecule has 0 saturated heterocycles. The summed E-state index contributed by atoms with van der Waals surface area (Å²) in [5.74, 6) is -1.75. The van der Waals surface area contributed by atoms with Crippen molar-refractivity contribution in [3.05, 3.63) is 0 Å². The second kappa shape index (κ2) is 5.22. The van der Waals surface area contributed by atoms with Gasteiger partial charge in [-0.15, -0.1) is 0 Å². The van der Waals surface area contributed by atoms with Gasteiger partial charge in [0.1, 0.15) is 0 Å². The normalized spacial score (nSPS) is 10.1. The maximum atomic E-state index is 11.3. The Hall–Kier alpha value is -1.57. The van der Waals surface area contributed by atoms with E-state index in [4.69, 9.17) is 5.26 Å². The third kappa shape index (κ3) is 2.46. The molecule has 78 valence electrons. The molecule has 0 bridgehead atoms. The zero-order chi connectivity index (χ0) is 11.2. The lowest BCUT2D eigenvalue weighted by molar-refractivity contribution is -0.166. The lowest BCUT2D eigenvalue weighted by atomic mass is 9.93. The number of rotatable bonds is 4. The molecule has 0 spiro atoms. The fourth-order valence-electron chi connectivity index (χ4n) is 0.725. The summed E-state index contributed by atoms with van der Waals surface area (Å²) in [5.41, 5.74) is -1.86. The molecule has 0 aromatic rings. The minimum atomic E-state index is -1.86. The van der Waals surface area contributed by atoms with Crippen molar-refractivity contribution in [2.24, 2.45) is 5.41 Å². The van der Waals surface area contributed by atoms with Crippen LogP contribution in [0.4, 0.5) is 0 Å². The van der Waals surface area contributed by atoms with Crippen molar-refractivity contribution in [2.75, 3.05) is 13.2 Å². The first kappa shape index (κ1) is 12.4. The Balaban J connectivity index is 4.72. The van der Waals surface area contributed by atoms with Crippen molar-refractivity contribution in [2.45, 2.75) is 20.8 Å². The largest absolute Gasteiger partial charge is 0.464 e. The van der Waals surface area contributed by atoms with Gasteiger partial charge in [0, 0.05) is 0 Å². The van der Waals surface area contributed by atoms with Gasteiger partial charge in [-0.3, -0.25) is 0 Å². The van der Waals surface area contributed by atoms with Crippen LogP contribution in [0.5, 0.6) is 0 Å². The smallest absolute Gasteiger partial charge is 0.337 e. The van der Waals surface area contributed by atoms with Gasteiger partial charge in [0.15, 0.2) is 0 Å². The van der Waals surface area contributed by atoms with Crippen molar-refractivity contribution in [3.63, 3.8) is 0 Å². The fraction of sp³-hybridized carbons (Fsp3) is 0.667. The molecular weight excluding hydrogens is 186 g/mol. The summed E-state index contributed by atoms with van der Waals surface area (Å²) in [5, 5.41) is 8.73. The van der Waals surface area contributed by atoms with E-state index >= 15 is 0 Å². The predicted octanol–water partition coefficient (Wildman–Crippen LogP) is 0.642. The molecule has 0 rings (SSSR count). The topological polar surface area (TPSA) is 76.4 Å². The van der Waals surface area contributed by atoms with Crippen LogP contribution in [0.3, 0.4) is 0 Å². The zero-order valence-electron chi connectivity index (χ0n) is 8.49. The van der Waals surface area contributed by atoms with Crippen LogP contribution < -0.4 is 0 Å². The highest BCUT2D eigenvalue weighted by Crippen LogP contribution is 2.19. The predicted molar refractivity (Wildman–Crippen MR) is 47.0 cm³/mol. The molecule has 5 nitrogen and oxygen atoms in total. The van der Waals surface area contributed by atoms with Gasteiger partial charge >= 0.3 is 11.9 Å². The van der Waals surface area contributed by atoms with E-state index in [0.717, 1.165) is 0 Å². The molecule has 0 heterocycles. The van der Waals surface area contributed by atoms with E-state index in [0.29, 0.717) is 0 Å². The standard InChI is InChI=1S/C9H13NO4/c1-4-13-7(11)9(3,6-10)8(12)14-5-2/h4-5H2,1-3H3. The van der Waals surface area contributed by atoms with Crippen LogP contribution in [-0.2, 0) is 19.1 Å². The molecule has 0 aromatic carbocycles. The Morgan fingerprint density at radius 2 is 1.57 bits per heavy atom. The number of nitrogens with zero attached hydrogens (tertiary/aromatic N) is 1. The van der Waals surface area contributed by atoms with Gasteiger partial charge in [-0.05, 0) is 20.8 Å². The first-order chi connectivity index (χ1) is 6.52. The summed E-state index contributed by atoms with van der Waals surface area (Å²) in [7, 11) is 0. The van der Waals surface area contributed by atoms with E-state index in [1.54, 1.807) is 19.9 Å². The van der Waals surface area contributed by atoms with Crippen molar-refractivity contribution >= 4 is 11.9 Å². The molecule has 0 amide bonds. The number of nitriles is 1. The van der Waals surface area contributed by atoms with Gasteiger partial charge in [-0.2, -0.15) is 5.26 Å². The molecule has 0 aliphatic carbocycles. The summed E-state index contributed by atoms with van der Waals surface area (Å²) in [4.78, 5) is 22.5. The summed E-state index contributed by atoms with van der Waals surface area (Å²) < 4.78 is 9.21. The van der Waals surface area contributed by atoms with Crippen molar-refractivity contribution < 1.29 is 19.1 Å². The van der Waals surface area contributed by atoms with Crippen LogP contribution in [0.2, 0.25) is 0 Å². The molecule has 0 radical (unpaired) electrons. The second-order valence-electron chi connectivity index (χ2n) is 2.68. The summed E-state index contributed by atoms with van der Waals surface area (Å²) >= 11 is 0. The lowest BCUT2D eigenvalue weighted by Gasteiger charge is -2.16. The van der Waals surface area contributed by atoms with Gasteiger partial charge < -0.3 is 9.47 Å². The third-order valence-electron chi connectivity index (χ3n) is 1.59. The van der Waals surface area contributed by atoms with Crippen LogP contribution in [0.15, 0.2) is 0 Å². The molecule has 14 heavy (non-hydrogen) atoms. The number of ether oxygens (including phenoxy) is 2. The number of hydrogen-bond acceptors (Lipinski definition) is 5. The minimum Gasteiger partial charge on any atom is -0.464 e. The Bertz CT molecular complexity index is 248. The third-order valence-corrected chi connectivity index (χ3v) is 1.59. The average molecular weight is 199 g/mol. The first-order valence-corrected chi connectivity index (χ1v) is 4.28. The molecule has 0 atom stereocenters. The summed E-state index contributed by atoms with van der Waals surface area (Å²) in [6.45, 7) is 4.62. The quantitative estimate of drug-likeness (QED) is 0.490. The van der Waals surface area contributed by atoms with Gasteiger partial charge in [-0.1, -0.05) is 0 Å². The Labute approximate surface area is 82.6 Å². The van der Waals surface area contributed by atoms with Gasteiger partial charge in [-0.25, -0.2) is 9.59 Å². The second-order valence-corrected chi connectivity index (χ2v) is 2.68. The monoisotopic (exact) mass is 199 g/mol. The lowest BCUT2D eigenvalue weighted by Crippen LogP contribution is -2.38. The van der Waals surface area contributed by atoms with Crippen molar-refractivity contribution in [1.82, 2.24) is 0 Å². The Kier molecular flexibility index (Phi) is 4.64. The number of carbonyl (C=O) groups excluding carboxylic acids is 2. The molecule has 0 aromatic heterocycles. The van der Waals surface area contributed by atoms with Crippen molar-refractivity contribution in [3.8, 4) is 6.07 Å². The van der Waals surface area contributed by atoms with E-state index in [1.807, 2.05) is 0 Å². The van der Waals surface area contributed by atoms with E-state index < -0.39 is 17.4 Å². The van der Waals surface area contributed by atoms with Crippen LogP contribution in [0.25, 0.3) is 0 Å². The Morgan fingerprint density at radius 3 is 1.79 bits per heavy atom. The maximum absolute atomic E-state index is 11.3. The highest BCUT2D eigenvalue weighted by atomic mass is 16.6. The molecule has 0 saturated carbocycles. The average Bonchev–Trinajstić information content (AvgIpc) is 2.17. The zero-order valence-corrected chi connectivity index (χ0v) is 8.49.